The Kier molecular flexibility index (Phi) is 4.87. The molecule has 5 heteroatoms. The molecule has 1 aromatic heterocycles. The van der Waals surface area contributed by atoms with Crippen molar-refractivity contribution >= 4 is 11.6 Å². The summed E-state index contributed by atoms with van der Waals surface area (Å²) < 4.78 is 1.69. The fourth-order valence-corrected chi connectivity index (χ4v) is 3.18. The van der Waals surface area contributed by atoms with Crippen LogP contribution in [0.1, 0.15) is 63.8 Å². The summed E-state index contributed by atoms with van der Waals surface area (Å²) in [5.41, 5.74) is 0.537. The molecular weight excluding hydrogens is 264 g/mol. The Morgan fingerprint density at radius 3 is 2.47 bits per heavy atom. The van der Waals surface area contributed by atoms with Crippen molar-refractivity contribution in [2.24, 2.45) is 5.92 Å². The number of nitrogens with zero attached hydrogens (tertiary/aromatic N) is 2. The Morgan fingerprint density at radius 1 is 1.26 bits per heavy atom. The van der Waals surface area contributed by atoms with E-state index >= 15 is 0 Å². The Balaban J connectivity index is 2.18. The van der Waals surface area contributed by atoms with Gasteiger partial charge >= 0.3 is 0 Å². The van der Waals surface area contributed by atoms with Crippen molar-refractivity contribution in [3.63, 3.8) is 0 Å². The van der Waals surface area contributed by atoms with Gasteiger partial charge in [-0.2, -0.15) is 5.10 Å². The fraction of sp³-hybridized carbons (Fsp3) is 0.786. The highest BCUT2D eigenvalue weighted by atomic mass is 35.5. The van der Waals surface area contributed by atoms with Crippen LogP contribution in [0.2, 0.25) is 5.02 Å². The van der Waals surface area contributed by atoms with Crippen molar-refractivity contribution in [1.82, 2.24) is 9.78 Å². The van der Waals surface area contributed by atoms with Crippen molar-refractivity contribution in [3.05, 3.63) is 16.9 Å². The maximum absolute atomic E-state index is 10.4. The number of aromatic nitrogens is 2. The van der Waals surface area contributed by atoms with Crippen LogP contribution in [0.25, 0.3) is 0 Å². The van der Waals surface area contributed by atoms with Gasteiger partial charge in [-0.25, -0.2) is 0 Å². The largest absolute Gasteiger partial charge is 0.390 e. The van der Waals surface area contributed by atoms with E-state index in [0.29, 0.717) is 10.7 Å². The number of rotatable bonds is 4. The molecule has 1 aliphatic carbocycles. The summed E-state index contributed by atoms with van der Waals surface area (Å²) in [7, 11) is 0. The minimum absolute atomic E-state index is 0.107. The second-order valence-corrected chi connectivity index (χ2v) is 6.16. The Bertz CT molecular complexity index is 414. The molecule has 2 rings (SSSR count). The molecule has 2 unspecified atom stereocenters. The Morgan fingerprint density at radius 2 is 1.89 bits per heavy atom. The third kappa shape index (κ3) is 3.12. The number of halogens is 1. The molecule has 1 heterocycles. The van der Waals surface area contributed by atoms with E-state index < -0.39 is 12.2 Å². The zero-order chi connectivity index (χ0) is 14.0. The number of hydrogen-bond acceptors (Lipinski definition) is 3. The van der Waals surface area contributed by atoms with Crippen molar-refractivity contribution < 1.29 is 10.2 Å². The summed E-state index contributed by atoms with van der Waals surface area (Å²) in [6, 6.07) is 0.107. The average molecular weight is 287 g/mol. The van der Waals surface area contributed by atoms with Gasteiger partial charge in [-0.15, -0.1) is 0 Å². The van der Waals surface area contributed by atoms with Gasteiger partial charge in [0, 0.05) is 6.04 Å². The molecule has 108 valence electrons. The SMILES string of the molecule is CC(C)n1ncc(Cl)c1C(O)C(O)C1CCCCC1. The van der Waals surface area contributed by atoms with E-state index in [1.807, 2.05) is 13.8 Å². The van der Waals surface area contributed by atoms with Crippen molar-refractivity contribution in [2.45, 2.75) is 64.2 Å². The predicted octanol–water partition coefficient (Wildman–Crippen LogP) is 3.09. The molecule has 1 saturated carbocycles. The molecular formula is C14H23ClN2O2. The van der Waals surface area contributed by atoms with Gasteiger partial charge in [0.05, 0.1) is 23.0 Å². The molecule has 0 spiro atoms. The van der Waals surface area contributed by atoms with Crippen LogP contribution in [-0.4, -0.2) is 26.1 Å². The third-order valence-corrected chi connectivity index (χ3v) is 4.30. The van der Waals surface area contributed by atoms with E-state index in [9.17, 15) is 10.2 Å². The minimum atomic E-state index is -0.958. The van der Waals surface area contributed by atoms with Crippen LogP contribution in [0.15, 0.2) is 6.20 Å². The van der Waals surface area contributed by atoms with Crippen LogP contribution >= 0.6 is 11.6 Å². The van der Waals surface area contributed by atoms with E-state index in [4.69, 9.17) is 11.6 Å². The first-order chi connectivity index (χ1) is 9.02. The first kappa shape index (κ1) is 14.8. The lowest BCUT2D eigenvalue weighted by molar-refractivity contribution is -0.0329. The van der Waals surface area contributed by atoms with E-state index in [1.54, 1.807) is 4.68 Å². The molecule has 0 aromatic carbocycles. The van der Waals surface area contributed by atoms with E-state index in [2.05, 4.69) is 5.10 Å². The first-order valence-corrected chi connectivity index (χ1v) is 7.49. The molecule has 19 heavy (non-hydrogen) atoms. The lowest BCUT2D eigenvalue weighted by atomic mass is 9.83. The standard InChI is InChI=1S/C14H23ClN2O2/c1-9(2)17-12(11(15)8-16-17)14(19)13(18)10-6-4-3-5-7-10/h8-10,13-14,18-19H,3-7H2,1-2H3. The highest BCUT2D eigenvalue weighted by Gasteiger charge is 2.32. The van der Waals surface area contributed by atoms with Crippen LogP contribution in [0, 0.1) is 5.92 Å². The lowest BCUT2D eigenvalue weighted by Crippen LogP contribution is -2.31. The summed E-state index contributed by atoms with van der Waals surface area (Å²) in [6.45, 7) is 3.96. The van der Waals surface area contributed by atoms with E-state index in [0.717, 1.165) is 25.7 Å². The van der Waals surface area contributed by atoms with E-state index in [1.165, 1.54) is 12.6 Å². The summed E-state index contributed by atoms with van der Waals surface area (Å²) in [5, 5.41) is 25.4. The number of hydrogen-bond donors (Lipinski definition) is 2. The zero-order valence-electron chi connectivity index (χ0n) is 11.6. The molecule has 1 aliphatic rings. The van der Waals surface area contributed by atoms with Crippen molar-refractivity contribution in [3.8, 4) is 0 Å². The molecule has 0 bridgehead atoms. The molecule has 1 fully saturated rings. The van der Waals surface area contributed by atoms with Gasteiger partial charge in [-0.05, 0) is 32.6 Å². The first-order valence-electron chi connectivity index (χ1n) is 7.11. The van der Waals surface area contributed by atoms with Crippen molar-refractivity contribution in [1.29, 1.82) is 0 Å². The fourth-order valence-electron chi connectivity index (χ4n) is 2.93. The van der Waals surface area contributed by atoms with Gasteiger partial charge in [0.25, 0.3) is 0 Å². The van der Waals surface area contributed by atoms with Gasteiger partial charge in [-0.3, -0.25) is 4.68 Å². The zero-order valence-corrected chi connectivity index (χ0v) is 12.3. The normalized spacial score (nSPS) is 20.7. The highest BCUT2D eigenvalue weighted by molar-refractivity contribution is 6.31. The van der Waals surface area contributed by atoms with Gasteiger partial charge in [0.1, 0.15) is 6.10 Å². The average Bonchev–Trinajstić information content (AvgIpc) is 2.80. The molecule has 1 aromatic rings. The van der Waals surface area contributed by atoms with Gasteiger partial charge in [0.15, 0.2) is 0 Å². The van der Waals surface area contributed by atoms with Crippen LogP contribution in [0.4, 0.5) is 0 Å². The maximum Gasteiger partial charge on any atom is 0.123 e. The minimum Gasteiger partial charge on any atom is -0.390 e. The van der Waals surface area contributed by atoms with Crippen LogP contribution in [0.5, 0.6) is 0 Å². The number of aliphatic hydroxyl groups excluding tert-OH is 2. The lowest BCUT2D eigenvalue weighted by Gasteiger charge is -2.30. The topological polar surface area (TPSA) is 58.3 Å². The maximum atomic E-state index is 10.4. The molecule has 0 radical (unpaired) electrons. The summed E-state index contributed by atoms with van der Waals surface area (Å²) >= 11 is 6.11. The Labute approximate surface area is 119 Å². The second-order valence-electron chi connectivity index (χ2n) is 5.75. The monoisotopic (exact) mass is 286 g/mol. The third-order valence-electron chi connectivity index (χ3n) is 4.01. The van der Waals surface area contributed by atoms with Crippen LogP contribution in [-0.2, 0) is 0 Å². The summed E-state index contributed by atoms with van der Waals surface area (Å²) in [4.78, 5) is 0. The molecule has 4 nitrogen and oxygen atoms in total. The number of aliphatic hydroxyl groups is 2. The second kappa shape index (κ2) is 6.25. The van der Waals surface area contributed by atoms with E-state index in [-0.39, 0.29) is 12.0 Å². The molecule has 0 aliphatic heterocycles. The van der Waals surface area contributed by atoms with Crippen LogP contribution in [0.3, 0.4) is 0 Å². The van der Waals surface area contributed by atoms with Gasteiger partial charge < -0.3 is 10.2 Å². The molecule has 2 atom stereocenters. The molecule has 2 N–H and O–H groups in total. The summed E-state index contributed by atoms with van der Waals surface area (Å²) in [5.74, 6) is 0.162. The highest BCUT2D eigenvalue weighted by Crippen LogP contribution is 2.35. The smallest absolute Gasteiger partial charge is 0.123 e. The van der Waals surface area contributed by atoms with Gasteiger partial charge in [0.2, 0.25) is 0 Å². The van der Waals surface area contributed by atoms with Crippen molar-refractivity contribution in [2.75, 3.05) is 0 Å². The summed E-state index contributed by atoms with van der Waals surface area (Å²) in [6.07, 6.45) is 5.26. The van der Waals surface area contributed by atoms with Gasteiger partial charge in [-0.1, -0.05) is 30.9 Å². The molecule has 0 amide bonds. The quantitative estimate of drug-likeness (QED) is 0.894. The molecule has 0 saturated heterocycles. The predicted molar refractivity (Wildman–Crippen MR) is 75.2 cm³/mol. The Hall–Kier alpha value is -0.580. The van der Waals surface area contributed by atoms with Crippen LogP contribution < -0.4 is 0 Å².